The largest absolute Gasteiger partial charge is 0.481 e. The lowest BCUT2D eigenvalue weighted by Crippen LogP contribution is -2.15. The van der Waals surface area contributed by atoms with Crippen molar-refractivity contribution in [2.24, 2.45) is 13.0 Å². The number of carbonyl (C=O) groups excluding carboxylic acids is 1. The molecule has 25 heavy (non-hydrogen) atoms. The zero-order valence-electron chi connectivity index (χ0n) is 13.9. The molecule has 128 valence electrons. The van der Waals surface area contributed by atoms with Gasteiger partial charge in [-0.15, -0.1) is 0 Å². The molecule has 0 bridgehead atoms. The number of nitrogens with one attached hydrogen (secondary N) is 1. The Kier molecular flexibility index (Phi) is 3.63. The SMILES string of the molecule is COc1ncccc1-c1cc2cc(NC(=O)[C@H]3C[C@H]3F)ncc2n1C. The predicted molar refractivity (Wildman–Crippen MR) is 92.1 cm³/mol. The van der Waals surface area contributed by atoms with Crippen LogP contribution < -0.4 is 10.1 Å². The summed E-state index contributed by atoms with van der Waals surface area (Å²) < 4.78 is 20.3. The van der Waals surface area contributed by atoms with Crippen LogP contribution in [0.3, 0.4) is 0 Å². The number of anilines is 1. The average molecular weight is 340 g/mol. The number of aryl methyl sites for hydroxylation is 1. The Morgan fingerprint density at radius 2 is 2.20 bits per heavy atom. The Morgan fingerprint density at radius 1 is 1.40 bits per heavy atom. The maximum atomic E-state index is 13.0. The number of carbonyl (C=O) groups is 1. The van der Waals surface area contributed by atoms with Crippen molar-refractivity contribution in [2.75, 3.05) is 12.4 Å². The molecule has 1 aliphatic rings. The van der Waals surface area contributed by atoms with Gasteiger partial charge in [0.05, 0.1) is 36.0 Å². The van der Waals surface area contributed by atoms with Crippen LogP contribution in [0.15, 0.2) is 36.7 Å². The molecule has 4 rings (SSSR count). The number of nitrogens with zero attached hydrogens (tertiary/aromatic N) is 3. The van der Waals surface area contributed by atoms with Crippen molar-refractivity contribution in [3.05, 3.63) is 36.7 Å². The number of aromatic nitrogens is 3. The van der Waals surface area contributed by atoms with E-state index in [1.807, 2.05) is 29.8 Å². The maximum Gasteiger partial charge on any atom is 0.231 e. The third-order valence-corrected chi connectivity index (χ3v) is 4.47. The Morgan fingerprint density at radius 3 is 2.92 bits per heavy atom. The number of fused-ring (bicyclic) bond motifs is 1. The monoisotopic (exact) mass is 340 g/mol. The molecule has 3 heterocycles. The first-order valence-electron chi connectivity index (χ1n) is 7.98. The minimum Gasteiger partial charge on any atom is -0.481 e. The summed E-state index contributed by atoms with van der Waals surface area (Å²) in [7, 11) is 3.52. The van der Waals surface area contributed by atoms with Crippen LogP contribution in [-0.4, -0.2) is 33.7 Å². The number of rotatable bonds is 4. The molecule has 0 aliphatic heterocycles. The summed E-state index contributed by atoms with van der Waals surface area (Å²) in [6.07, 6.45) is 2.64. The van der Waals surface area contributed by atoms with Crippen LogP contribution in [0.1, 0.15) is 6.42 Å². The van der Waals surface area contributed by atoms with E-state index in [0.29, 0.717) is 18.1 Å². The summed E-state index contributed by atoms with van der Waals surface area (Å²) in [5, 5.41) is 3.60. The van der Waals surface area contributed by atoms with E-state index >= 15 is 0 Å². The van der Waals surface area contributed by atoms with Gasteiger partial charge in [-0.1, -0.05) is 0 Å². The van der Waals surface area contributed by atoms with Crippen LogP contribution in [0.25, 0.3) is 22.2 Å². The fraction of sp³-hybridized carbons (Fsp3) is 0.278. The van der Waals surface area contributed by atoms with Gasteiger partial charge in [0.25, 0.3) is 0 Å². The molecule has 6 nitrogen and oxygen atoms in total. The van der Waals surface area contributed by atoms with Gasteiger partial charge in [-0.2, -0.15) is 0 Å². The summed E-state index contributed by atoms with van der Waals surface area (Å²) in [5.41, 5.74) is 2.71. The molecule has 3 aromatic heterocycles. The topological polar surface area (TPSA) is 69.0 Å². The average Bonchev–Trinajstić information content (AvgIpc) is 3.27. The van der Waals surface area contributed by atoms with Gasteiger partial charge in [0.15, 0.2) is 0 Å². The second-order valence-electron chi connectivity index (χ2n) is 6.12. The van der Waals surface area contributed by atoms with Crippen molar-refractivity contribution >= 4 is 22.6 Å². The number of alkyl halides is 1. The summed E-state index contributed by atoms with van der Waals surface area (Å²) in [6, 6.07) is 7.56. The van der Waals surface area contributed by atoms with Gasteiger partial charge in [0, 0.05) is 18.6 Å². The Labute approximate surface area is 143 Å². The molecule has 0 saturated heterocycles. The molecule has 1 fully saturated rings. The van der Waals surface area contributed by atoms with Gasteiger partial charge >= 0.3 is 0 Å². The Hall–Kier alpha value is -2.96. The van der Waals surface area contributed by atoms with E-state index in [1.165, 1.54) is 0 Å². The second-order valence-corrected chi connectivity index (χ2v) is 6.12. The highest BCUT2D eigenvalue weighted by Gasteiger charge is 2.43. The van der Waals surface area contributed by atoms with E-state index in [9.17, 15) is 9.18 Å². The molecule has 0 unspecified atom stereocenters. The fourth-order valence-electron chi connectivity index (χ4n) is 2.96. The van der Waals surface area contributed by atoms with Crippen molar-refractivity contribution in [1.29, 1.82) is 0 Å². The van der Waals surface area contributed by atoms with E-state index in [1.54, 1.807) is 25.6 Å². The van der Waals surface area contributed by atoms with E-state index in [0.717, 1.165) is 22.2 Å². The van der Waals surface area contributed by atoms with Crippen molar-refractivity contribution in [1.82, 2.24) is 14.5 Å². The highest BCUT2D eigenvalue weighted by molar-refractivity contribution is 5.96. The van der Waals surface area contributed by atoms with E-state index in [4.69, 9.17) is 4.74 Å². The first kappa shape index (κ1) is 15.6. The lowest BCUT2D eigenvalue weighted by Gasteiger charge is -2.08. The molecular weight excluding hydrogens is 323 g/mol. The van der Waals surface area contributed by atoms with Gasteiger partial charge in [0.1, 0.15) is 12.0 Å². The molecule has 1 amide bonds. The zero-order valence-corrected chi connectivity index (χ0v) is 13.9. The smallest absolute Gasteiger partial charge is 0.231 e. The van der Waals surface area contributed by atoms with Gasteiger partial charge in [-0.3, -0.25) is 4.79 Å². The first-order chi connectivity index (χ1) is 12.1. The van der Waals surface area contributed by atoms with Gasteiger partial charge in [0.2, 0.25) is 11.8 Å². The number of ether oxygens (including phenoxy) is 1. The minimum absolute atomic E-state index is 0.296. The van der Waals surface area contributed by atoms with Crippen molar-refractivity contribution in [3.8, 4) is 17.1 Å². The lowest BCUT2D eigenvalue weighted by molar-refractivity contribution is -0.117. The normalized spacial score (nSPS) is 19.0. The standard InChI is InChI=1S/C18H17FN4O2/c1-23-14(11-4-3-5-20-18(11)25-2)6-10-7-16(21-9-15(10)23)22-17(24)12-8-13(12)19/h3-7,9,12-13H,8H2,1-2H3,(H,21,22,24)/t12-,13+/m0/s1. The number of pyridine rings is 2. The number of hydrogen-bond acceptors (Lipinski definition) is 4. The van der Waals surface area contributed by atoms with Crippen LogP contribution in [0.2, 0.25) is 0 Å². The van der Waals surface area contributed by atoms with Crippen LogP contribution in [0, 0.1) is 5.92 Å². The van der Waals surface area contributed by atoms with Crippen molar-refractivity contribution in [2.45, 2.75) is 12.6 Å². The third-order valence-electron chi connectivity index (χ3n) is 4.47. The minimum atomic E-state index is -1.02. The molecule has 0 radical (unpaired) electrons. The summed E-state index contributed by atoms with van der Waals surface area (Å²) >= 11 is 0. The number of halogens is 1. The second kappa shape index (κ2) is 5.84. The van der Waals surface area contributed by atoms with E-state index < -0.39 is 12.1 Å². The summed E-state index contributed by atoms with van der Waals surface area (Å²) in [6.45, 7) is 0. The molecule has 1 saturated carbocycles. The molecular formula is C18H17FN4O2. The third kappa shape index (κ3) is 2.71. The highest BCUT2D eigenvalue weighted by Crippen LogP contribution is 2.35. The first-order valence-corrected chi connectivity index (χ1v) is 7.98. The maximum absolute atomic E-state index is 13.0. The van der Waals surface area contributed by atoms with Crippen LogP contribution in [-0.2, 0) is 11.8 Å². The van der Waals surface area contributed by atoms with Crippen LogP contribution in [0.4, 0.5) is 10.2 Å². The van der Waals surface area contributed by atoms with Gasteiger partial charge in [-0.25, -0.2) is 14.4 Å². The number of hydrogen-bond donors (Lipinski definition) is 1. The molecule has 0 aromatic carbocycles. The quantitative estimate of drug-likeness (QED) is 0.793. The number of amides is 1. The van der Waals surface area contributed by atoms with Crippen LogP contribution in [0.5, 0.6) is 5.88 Å². The van der Waals surface area contributed by atoms with Crippen molar-refractivity contribution in [3.63, 3.8) is 0 Å². The molecule has 3 aromatic rings. The fourth-order valence-corrected chi connectivity index (χ4v) is 2.96. The molecule has 1 aliphatic carbocycles. The lowest BCUT2D eigenvalue weighted by atomic mass is 10.2. The Bertz CT molecular complexity index is 969. The Balaban J connectivity index is 1.71. The molecule has 0 spiro atoms. The molecule has 7 heteroatoms. The predicted octanol–water partition coefficient (Wildman–Crippen LogP) is 2.94. The van der Waals surface area contributed by atoms with E-state index in [-0.39, 0.29) is 5.91 Å². The van der Waals surface area contributed by atoms with Crippen LogP contribution >= 0.6 is 0 Å². The highest BCUT2D eigenvalue weighted by atomic mass is 19.1. The molecule has 2 atom stereocenters. The summed E-state index contributed by atoms with van der Waals surface area (Å²) in [5.74, 6) is 0.109. The van der Waals surface area contributed by atoms with E-state index in [2.05, 4.69) is 15.3 Å². The zero-order chi connectivity index (χ0) is 17.6. The van der Waals surface area contributed by atoms with Crippen molar-refractivity contribution < 1.29 is 13.9 Å². The number of methoxy groups -OCH3 is 1. The van der Waals surface area contributed by atoms with Gasteiger partial charge in [-0.05, 0) is 30.7 Å². The molecule has 1 N–H and O–H groups in total. The van der Waals surface area contributed by atoms with Gasteiger partial charge < -0.3 is 14.6 Å². The summed E-state index contributed by atoms with van der Waals surface area (Å²) in [4.78, 5) is 20.4.